The summed E-state index contributed by atoms with van der Waals surface area (Å²) < 4.78 is 7.16. The number of phenols is 1. The Kier molecular flexibility index (Phi) is 3.30. The van der Waals surface area contributed by atoms with Gasteiger partial charge in [0.2, 0.25) is 0 Å². The molecule has 4 N–H and O–H groups in total. The Bertz CT molecular complexity index is 840. The highest BCUT2D eigenvalue weighted by Crippen LogP contribution is 2.20. The van der Waals surface area contributed by atoms with E-state index in [1.165, 1.54) is 12.1 Å². The van der Waals surface area contributed by atoms with E-state index in [4.69, 9.17) is 10.5 Å². The van der Waals surface area contributed by atoms with E-state index in [-0.39, 0.29) is 18.1 Å². The lowest BCUT2D eigenvalue weighted by Crippen LogP contribution is -2.02. The molecule has 0 bridgehead atoms. The molecule has 0 fully saturated rings. The van der Waals surface area contributed by atoms with Crippen LogP contribution in [-0.4, -0.2) is 25.6 Å². The zero-order valence-electron chi connectivity index (χ0n) is 11.4. The summed E-state index contributed by atoms with van der Waals surface area (Å²) in [5, 5.41) is 18.4. The number of fused-ring (bicyclic) bond motifs is 1. The second kappa shape index (κ2) is 5.28. The zero-order chi connectivity index (χ0) is 15.7. The number of ether oxygens (including phenoxy) is 1. The molecular formula is C15H13N3O4. The standard InChI is InChI=1S/C15H13N3O4/c16-9-1-6-12-14(15(20)21)17-13(18(12)7-9)8-22-11-4-2-10(19)3-5-11/h1-7,19H,8,16H2,(H,20,21). The number of benzene rings is 1. The number of rotatable bonds is 4. The second-order valence-electron chi connectivity index (χ2n) is 4.68. The van der Waals surface area contributed by atoms with Gasteiger partial charge in [0.25, 0.3) is 0 Å². The number of anilines is 1. The number of pyridine rings is 1. The maximum Gasteiger partial charge on any atom is 0.356 e. The fourth-order valence-electron chi connectivity index (χ4n) is 2.11. The van der Waals surface area contributed by atoms with Crippen LogP contribution in [0.25, 0.3) is 5.52 Å². The summed E-state index contributed by atoms with van der Waals surface area (Å²) in [5.74, 6) is -0.0131. The van der Waals surface area contributed by atoms with E-state index < -0.39 is 5.97 Å². The number of carboxylic acids is 1. The third-order valence-electron chi connectivity index (χ3n) is 3.14. The summed E-state index contributed by atoms with van der Waals surface area (Å²) in [6.45, 7) is 0.0721. The van der Waals surface area contributed by atoms with Crippen LogP contribution in [0.4, 0.5) is 5.69 Å². The number of nitrogens with zero attached hydrogens (tertiary/aromatic N) is 2. The number of aromatic hydroxyl groups is 1. The van der Waals surface area contributed by atoms with Crippen LogP contribution in [0.3, 0.4) is 0 Å². The molecule has 0 aliphatic carbocycles. The number of nitrogens with two attached hydrogens (primary N) is 1. The van der Waals surface area contributed by atoms with Gasteiger partial charge in [-0.15, -0.1) is 0 Å². The van der Waals surface area contributed by atoms with Crippen LogP contribution in [0.1, 0.15) is 16.3 Å². The minimum absolute atomic E-state index is 0.0516. The highest BCUT2D eigenvalue weighted by molar-refractivity contribution is 5.93. The summed E-state index contributed by atoms with van der Waals surface area (Å²) in [6.07, 6.45) is 1.60. The third kappa shape index (κ3) is 2.51. The third-order valence-corrected chi connectivity index (χ3v) is 3.14. The van der Waals surface area contributed by atoms with Crippen LogP contribution < -0.4 is 10.5 Å². The van der Waals surface area contributed by atoms with E-state index in [0.29, 0.717) is 22.8 Å². The van der Waals surface area contributed by atoms with Crippen LogP contribution in [0, 0.1) is 0 Å². The molecule has 0 unspecified atom stereocenters. The van der Waals surface area contributed by atoms with E-state index in [1.54, 1.807) is 34.9 Å². The minimum atomic E-state index is -1.11. The lowest BCUT2D eigenvalue weighted by Gasteiger charge is -2.06. The van der Waals surface area contributed by atoms with Crippen LogP contribution in [-0.2, 0) is 6.61 Å². The molecular weight excluding hydrogens is 286 g/mol. The van der Waals surface area contributed by atoms with Crippen LogP contribution in [0.15, 0.2) is 42.6 Å². The average Bonchev–Trinajstić information content (AvgIpc) is 2.85. The van der Waals surface area contributed by atoms with Crippen molar-refractivity contribution in [1.29, 1.82) is 0 Å². The van der Waals surface area contributed by atoms with Crippen molar-refractivity contribution in [3.8, 4) is 11.5 Å². The molecule has 0 radical (unpaired) electrons. The number of aromatic carboxylic acids is 1. The fraction of sp³-hybridized carbons (Fsp3) is 0.0667. The summed E-state index contributed by atoms with van der Waals surface area (Å²) in [7, 11) is 0. The molecule has 0 spiro atoms. The van der Waals surface area contributed by atoms with Crippen LogP contribution in [0.2, 0.25) is 0 Å². The number of hydrogen-bond donors (Lipinski definition) is 3. The molecule has 0 aliphatic heterocycles. The van der Waals surface area contributed by atoms with E-state index in [1.807, 2.05) is 0 Å². The molecule has 3 rings (SSSR count). The highest BCUT2D eigenvalue weighted by Gasteiger charge is 2.17. The van der Waals surface area contributed by atoms with Crippen molar-refractivity contribution >= 4 is 17.2 Å². The van der Waals surface area contributed by atoms with Gasteiger partial charge in [0.1, 0.15) is 18.1 Å². The molecule has 22 heavy (non-hydrogen) atoms. The number of carbonyl (C=O) groups is 1. The Balaban J connectivity index is 1.94. The normalized spacial score (nSPS) is 10.7. The molecule has 3 aromatic rings. The van der Waals surface area contributed by atoms with Crippen molar-refractivity contribution in [3.05, 3.63) is 54.1 Å². The van der Waals surface area contributed by atoms with Crippen LogP contribution >= 0.6 is 0 Å². The topological polar surface area (TPSA) is 110 Å². The second-order valence-corrected chi connectivity index (χ2v) is 4.68. The lowest BCUT2D eigenvalue weighted by atomic mass is 10.3. The molecule has 0 atom stereocenters. The van der Waals surface area contributed by atoms with E-state index in [2.05, 4.69) is 4.98 Å². The predicted molar refractivity (Wildman–Crippen MR) is 79.0 cm³/mol. The number of imidazole rings is 1. The van der Waals surface area contributed by atoms with Gasteiger partial charge in [-0.3, -0.25) is 4.40 Å². The van der Waals surface area contributed by atoms with Gasteiger partial charge in [-0.1, -0.05) is 0 Å². The van der Waals surface area contributed by atoms with Crippen LogP contribution in [0.5, 0.6) is 11.5 Å². The van der Waals surface area contributed by atoms with Gasteiger partial charge in [-0.25, -0.2) is 9.78 Å². The van der Waals surface area contributed by atoms with E-state index >= 15 is 0 Å². The Hall–Kier alpha value is -3.22. The van der Waals surface area contributed by atoms with Gasteiger partial charge in [0.05, 0.1) is 5.52 Å². The molecule has 0 saturated heterocycles. The van der Waals surface area contributed by atoms with Crippen molar-refractivity contribution in [1.82, 2.24) is 9.38 Å². The molecule has 0 saturated carbocycles. The molecule has 1 aromatic carbocycles. The molecule has 112 valence electrons. The molecule has 7 nitrogen and oxygen atoms in total. The minimum Gasteiger partial charge on any atom is -0.508 e. The largest absolute Gasteiger partial charge is 0.508 e. The number of carboxylic acid groups (broad SMARTS) is 1. The van der Waals surface area contributed by atoms with Gasteiger partial charge in [0.15, 0.2) is 11.5 Å². The SMILES string of the molecule is Nc1ccc2c(C(=O)O)nc(COc3ccc(O)cc3)n2c1. The Labute approximate surface area is 125 Å². The van der Waals surface area contributed by atoms with Gasteiger partial charge in [-0.2, -0.15) is 0 Å². The fourth-order valence-corrected chi connectivity index (χ4v) is 2.11. The van der Waals surface area contributed by atoms with Crippen molar-refractivity contribution in [2.75, 3.05) is 5.73 Å². The first-order chi connectivity index (χ1) is 10.5. The first-order valence-electron chi connectivity index (χ1n) is 6.46. The van der Waals surface area contributed by atoms with Gasteiger partial charge >= 0.3 is 5.97 Å². The van der Waals surface area contributed by atoms with E-state index in [9.17, 15) is 15.0 Å². The maximum absolute atomic E-state index is 11.2. The average molecular weight is 299 g/mol. The summed E-state index contributed by atoms with van der Waals surface area (Å²) in [4.78, 5) is 15.3. The Morgan fingerprint density at radius 1 is 1.23 bits per heavy atom. The summed E-state index contributed by atoms with van der Waals surface area (Å²) in [5.41, 5.74) is 6.63. The number of phenolic OH excluding ortho intramolecular Hbond substituents is 1. The maximum atomic E-state index is 11.2. The van der Waals surface area contributed by atoms with E-state index in [0.717, 1.165) is 0 Å². The predicted octanol–water partition coefficient (Wildman–Crippen LogP) is 1.90. The van der Waals surface area contributed by atoms with Crippen molar-refractivity contribution in [2.24, 2.45) is 0 Å². The summed E-state index contributed by atoms with van der Waals surface area (Å²) in [6, 6.07) is 9.44. The van der Waals surface area contributed by atoms with Gasteiger partial charge < -0.3 is 20.7 Å². The molecule has 0 amide bonds. The van der Waals surface area contributed by atoms with Gasteiger partial charge in [0, 0.05) is 11.9 Å². The van der Waals surface area contributed by atoms with Gasteiger partial charge in [-0.05, 0) is 36.4 Å². The summed E-state index contributed by atoms with van der Waals surface area (Å²) >= 11 is 0. The Morgan fingerprint density at radius 3 is 2.64 bits per heavy atom. The number of nitrogen functional groups attached to an aromatic ring is 1. The van der Waals surface area contributed by atoms with Crippen molar-refractivity contribution in [2.45, 2.75) is 6.61 Å². The first-order valence-corrected chi connectivity index (χ1v) is 6.46. The van der Waals surface area contributed by atoms with Crippen molar-refractivity contribution < 1.29 is 19.7 Å². The molecule has 2 heterocycles. The lowest BCUT2D eigenvalue weighted by molar-refractivity contribution is 0.0693. The molecule has 2 aromatic heterocycles. The number of hydrogen-bond acceptors (Lipinski definition) is 5. The molecule has 0 aliphatic rings. The van der Waals surface area contributed by atoms with Crippen molar-refractivity contribution in [3.63, 3.8) is 0 Å². The smallest absolute Gasteiger partial charge is 0.356 e. The number of aromatic nitrogens is 2. The monoisotopic (exact) mass is 299 g/mol. The quantitative estimate of drug-likeness (QED) is 0.678. The zero-order valence-corrected chi connectivity index (χ0v) is 11.4. The molecule has 7 heteroatoms. The Morgan fingerprint density at radius 2 is 1.95 bits per heavy atom. The first kappa shape index (κ1) is 13.7. The highest BCUT2D eigenvalue weighted by atomic mass is 16.5.